The average molecular weight is 161 g/mol. The number of hydrogen-bond acceptors (Lipinski definition) is 1. The van der Waals surface area contributed by atoms with Crippen LogP contribution >= 0.6 is 0 Å². The summed E-state index contributed by atoms with van der Waals surface area (Å²) in [6, 6.07) is 0.696. The van der Waals surface area contributed by atoms with Crippen molar-refractivity contribution in [2.24, 2.45) is 11.8 Å². The number of rotatable bonds is 1. The molecule has 1 heterocycles. The Morgan fingerprint density at radius 1 is 1.36 bits per heavy atom. The summed E-state index contributed by atoms with van der Waals surface area (Å²) < 4.78 is 24.7. The topological polar surface area (TPSA) is 12.0 Å². The van der Waals surface area contributed by atoms with Gasteiger partial charge in [-0.15, -0.1) is 0 Å². The molecule has 64 valence electrons. The molecule has 1 N–H and O–H groups in total. The lowest BCUT2D eigenvalue weighted by Crippen LogP contribution is -2.39. The Morgan fingerprint density at radius 2 is 2.09 bits per heavy atom. The van der Waals surface area contributed by atoms with Crippen LogP contribution in [0.3, 0.4) is 0 Å². The average Bonchev–Trinajstić information content (AvgIpc) is 2.43. The second-order valence-corrected chi connectivity index (χ2v) is 3.79. The third-order valence-corrected chi connectivity index (χ3v) is 3.13. The van der Waals surface area contributed by atoms with Gasteiger partial charge in [-0.3, -0.25) is 0 Å². The van der Waals surface area contributed by atoms with Crippen LogP contribution in [0.5, 0.6) is 0 Å². The normalized spacial score (nSPS) is 49.1. The van der Waals surface area contributed by atoms with Gasteiger partial charge in [0.25, 0.3) is 0 Å². The summed E-state index contributed by atoms with van der Waals surface area (Å²) in [6.07, 6.45) is -0.447. The predicted octanol–water partition coefficient (Wildman–Crippen LogP) is 1.64. The molecular formula is C8H13F2N. The van der Waals surface area contributed by atoms with E-state index < -0.39 is 6.43 Å². The number of alkyl halides is 2. The maximum atomic E-state index is 12.3. The van der Waals surface area contributed by atoms with Gasteiger partial charge >= 0.3 is 0 Å². The molecule has 0 spiro atoms. The minimum Gasteiger partial charge on any atom is -0.311 e. The lowest BCUT2D eigenvalue weighted by molar-refractivity contribution is 0.0406. The SMILES string of the molecule is C[C@@H]1N[C@@H]2C[C@H]1[C@@H](C(F)F)C2. The van der Waals surface area contributed by atoms with E-state index in [9.17, 15) is 8.78 Å². The Balaban J connectivity index is 2.06. The first-order valence-corrected chi connectivity index (χ1v) is 4.22. The van der Waals surface area contributed by atoms with Crippen molar-refractivity contribution < 1.29 is 8.78 Å². The van der Waals surface area contributed by atoms with E-state index in [1.165, 1.54) is 0 Å². The molecule has 0 aromatic heterocycles. The van der Waals surface area contributed by atoms with Gasteiger partial charge in [0.05, 0.1) is 0 Å². The van der Waals surface area contributed by atoms with Crippen molar-refractivity contribution >= 4 is 0 Å². The molecule has 4 atom stereocenters. The summed E-state index contributed by atoms with van der Waals surface area (Å²) in [5.41, 5.74) is 0. The van der Waals surface area contributed by atoms with Crippen molar-refractivity contribution in [1.29, 1.82) is 0 Å². The van der Waals surface area contributed by atoms with Crippen molar-refractivity contribution in [3.05, 3.63) is 0 Å². The molecule has 2 fully saturated rings. The zero-order valence-corrected chi connectivity index (χ0v) is 6.56. The van der Waals surface area contributed by atoms with Gasteiger partial charge < -0.3 is 5.32 Å². The van der Waals surface area contributed by atoms with E-state index >= 15 is 0 Å². The Bertz CT molecular complexity index is 160. The van der Waals surface area contributed by atoms with E-state index in [0.717, 1.165) is 6.42 Å². The number of nitrogens with one attached hydrogen (secondary N) is 1. The quantitative estimate of drug-likeness (QED) is 0.616. The molecule has 2 rings (SSSR count). The van der Waals surface area contributed by atoms with Crippen LogP contribution in [0.4, 0.5) is 8.78 Å². The van der Waals surface area contributed by atoms with Crippen molar-refractivity contribution in [1.82, 2.24) is 5.32 Å². The fourth-order valence-corrected chi connectivity index (χ4v) is 2.60. The van der Waals surface area contributed by atoms with Gasteiger partial charge in [0, 0.05) is 18.0 Å². The van der Waals surface area contributed by atoms with Crippen molar-refractivity contribution in [3.63, 3.8) is 0 Å². The first-order valence-electron chi connectivity index (χ1n) is 4.22. The molecule has 2 aliphatic rings. The van der Waals surface area contributed by atoms with E-state index in [2.05, 4.69) is 5.32 Å². The zero-order valence-electron chi connectivity index (χ0n) is 6.56. The van der Waals surface area contributed by atoms with Crippen LogP contribution in [0.15, 0.2) is 0 Å². The molecule has 2 bridgehead atoms. The molecule has 0 unspecified atom stereocenters. The summed E-state index contributed by atoms with van der Waals surface area (Å²) in [7, 11) is 0. The van der Waals surface area contributed by atoms with E-state index in [-0.39, 0.29) is 11.8 Å². The number of fused-ring (bicyclic) bond motifs is 2. The van der Waals surface area contributed by atoms with Crippen LogP contribution in [-0.4, -0.2) is 18.5 Å². The number of piperidine rings is 1. The van der Waals surface area contributed by atoms with Gasteiger partial charge in [0.1, 0.15) is 0 Å². The molecule has 0 aromatic rings. The standard InChI is InChI=1S/C8H13F2N/c1-4-6-2-5(11-4)3-7(6)8(9)10/h4-8,11H,2-3H2,1H3/t4-,5+,6+,7-/m0/s1. The van der Waals surface area contributed by atoms with Gasteiger partial charge in [0.15, 0.2) is 0 Å². The molecule has 0 amide bonds. The van der Waals surface area contributed by atoms with Crippen LogP contribution in [-0.2, 0) is 0 Å². The van der Waals surface area contributed by atoms with Gasteiger partial charge in [0.2, 0.25) is 6.43 Å². The molecule has 11 heavy (non-hydrogen) atoms. The lowest BCUT2D eigenvalue weighted by atomic mass is 9.90. The lowest BCUT2D eigenvalue weighted by Gasteiger charge is -2.26. The fourth-order valence-electron chi connectivity index (χ4n) is 2.60. The Kier molecular flexibility index (Phi) is 1.63. The Hall–Kier alpha value is -0.180. The van der Waals surface area contributed by atoms with Crippen LogP contribution in [0, 0.1) is 11.8 Å². The minimum absolute atomic E-state index is 0.236. The highest BCUT2D eigenvalue weighted by atomic mass is 19.3. The van der Waals surface area contributed by atoms with Crippen LogP contribution in [0.2, 0.25) is 0 Å². The van der Waals surface area contributed by atoms with E-state index in [4.69, 9.17) is 0 Å². The van der Waals surface area contributed by atoms with Crippen LogP contribution < -0.4 is 5.32 Å². The Morgan fingerprint density at radius 3 is 2.45 bits per heavy atom. The maximum absolute atomic E-state index is 12.3. The smallest absolute Gasteiger partial charge is 0.241 e. The fraction of sp³-hybridized carbons (Fsp3) is 1.00. The molecule has 0 radical (unpaired) electrons. The number of hydrogen-bond donors (Lipinski definition) is 1. The predicted molar refractivity (Wildman–Crippen MR) is 38.6 cm³/mol. The highest BCUT2D eigenvalue weighted by molar-refractivity contribution is 5.00. The summed E-state index contributed by atoms with van der Waals surface area (Å²) in [6.45, 7) is 2.01. The molecule has 1 aliphatic heterocycles. The van der Waals surface area contributed by atoms with Gasteiger partial charge in [-0.2, -0.15) is 0 Å². The minimum atomic E-state index is -2.10. The van der Waals surface area contributed by atoms with E-state index in [0.29, 0.717) is 18.5 Å². The Labute approximate surface area is 65.2 Å². The molecule has 1 nitrogen and oxygen atoms in total. The summed E-state index contributed by atoms with van der Waals surface area (Å²) in [4.78, 5) is 0. The zero-order chi connectivity index (χ0) is 8.01. The molecule has 1 saturated carbocycles. The molecule has 0 aromatic carbocycles. The van der Waals surface area contributed by atoms with Crippen LogP contribution in [0.25, 0.3) is 0 Å². The van der Waals surface area contributed by atoms with Gasteiger partial charge in [-0.05, 0) is 25.7 Å². The second-order valence-electron chi connectivity index (χ2n) is 3.79. The first kappa shape index (κ1) is 7.47. The highest BCUT2D eigenvalue weighted by Crippen LogP contribution is 2.42. The maximum Gasteiger partial charge on any atom is 0.241 e. The first-order chi connectivity index (χ1) is 5.18. The molecule has 1 aliphatic carbocycles. The summed E-state index contributed by atoms with van der Waals surface area (Å²) in [5.74, 6) is -0.0868. The van der Waals surface area contributed by atoms with Crippen molar-refractivity contribution in [2.45, 2.75) is 38.3 Å². The van der Waals surface area contributed by atoms with E-state index in [1.54, 1.807) is 0 Å². The third kappa shape index (κ3) is 1.06. The summed E-state index contributed by atoms with van der Waals surface area (Å²) >= 11 is 0. The number of halogens is 2. The van der Waals surface area contributed by atoms with Crippen LogP contribution in [0.1, 0.15) is 19.8 Å². The third-order valence-electron chi connectivity index (χ3n) is 3.13. The van der Waals surface area contributed by atoms with Crippen molar-refractivity contribution in [3.8, 4) is 0 Å². The monoisotopic (exact) mass is 161 g/mol. The summed E-state index contributed by atoms with van der Waals surface area (Å²) in [5, 5.41) is 3.30. The van der Waals surface area contributed by atoms with Gasteiger partial charge in [-0.25, -0.2) is 8.78 Å². The molecular weight excluding hydrogens is 148 g/mol. The van der Waals surface area contributed by atoms with Gasteiger partial charge in [-0.1, -0.05) is 0 Å². The van der Waals surface area contributed by atoms with Crippen molar-refractivity contribution in [2.75, 3.05) is 0 Å². The molecule has 3 heteroatoms. The largest absolute Gasteiger partial charge is 0.311 e. The van der Waals surface area contributed by atoms with E-state index in [1.807, 2.05) is 6.92 Å². The second kappa shape index (κ2) is 2.41. The molecule has 1 saturated heterocycles. The highest BCUT2D eigenvalue weighted by Gasteiger charge is 2.47.